The summed E-state index contributed by atoms with van der Waals surface area (Å²) in [6.45, 7) is 2.63. The van der Waals surface area contributed by atoms with E-state index >= 15 is 0 Å². The van der Waals surface area contributed by atoms with Crippen molar-refractivity contribution in [3.63, 3.8) is 0 Å². The first-order valence-electron chi connectivity index (χ1n) is 19.3. The highest BCUT2D eigenvalue weighted by molar-refractivity contribution is 6.14. The lowest BCUT2D eigenvalue weighted by molar-refractivity contribution is 0.0221. The largest absolute Gasteiger partial charge is 0.497 e. The van der Waals surface area contributed by atoms with Crippen LogP contribution in [0.2, 0.25) is 0 Å². The minimum Gasteiger partial charge on any atom is -0.497 e. The minimum atomic E-state index is -0.506. The van der Waals surface area contributed by atoms with Crippen LogP contribution in [0.4, 0.5) is 9.59 Å². The molecule has 0 atom stereocenters. The molecule has 15 nitrogen and oxygen atoms in total. The summed E-state index contributed by atoms with van der Waals surface area (Å²) in [5, 5.41) is 3.40. The van der Waals surface area contributed by atoms with Crippen LogP contribution in [0.5, 0.6) is 23.0 Å². The zero-order valence-corrected chi connectivity index (χ0v) is 34.0. The predicted octanol–water partition coefficient (Wildman–Crippen LogP) is 7.77. The average Bonchev–Trinajstić information content (AvgIpc) is 3.79. The van der Waals surface area contributed by atoms with E-state index in [2.05, 4.69) is 4.98 Å². The minimum absolute atomic E-state index is 0.0770. The standard InChI is InChI=1S/C45H47N3O12/c1-51-32-5-9-40-36(22-32)37-23-33(52-2)6-10-41(37)47(40)44(49)59-19-17-55-13-15-57-28-30-21-31(27-46-26-30)29-58-16-14-56-18-20-60-45(50)48-42-11-7-34(53-3)24-38(42)39-25-35(54-4)8-12-43(39)48/h5-12,21-27H,13-20,28-29H2,1-4H3. The Morgan fingerprint density at radius 3 is 1.08 bits per heavy atom. The highest BCUT2D eigenvalue weighted by Crippen LogP contribution is 2.35. The number of hydrogen-bond acceptors (Lipinski definition) is 13. The Balaban J connectivity index is 0.767. The first-order valence-corrected chi connectivity index (χ1v) is 19.3. The number of hydrogen-bond donors (Lipinski definition) is 0. The van der Waals surface area contributed by atoms with Crippen LogP contribution < -0.4 is 18.9 Å². The predicted molar refractivity (Wildman–Crippen MR) is 224 cm³/mol. The van der Waals surface area contributed by atoms with Crippen molar-refractivity contribution in [2.75, 3.05) is 81.3 Å². The molecule has 0 fully saturated rings. The number of rotatable bonds is 20. The maximum atomic E-state index is 13.2. The molecule has 0 spiro atoms. The van der Waals surface area contributed by atoms with Gasteiger partial charge in [0.15, 0.2) is 0 Å². The van der Waals surface area contributed by atoms with E-state index in [0.717, 1.165) is 32.7 Å². The molecule has 0 radical (unpaired) electrons. The molecule has 7 aromatic rings. The molecule has 7 rings (SSSR count). The van der Waals surface area contributed by atoms with E-state index in [9.17, 15) is 9.59 Å². The molecule has 3 heterocycles. The summed E-state index contributed by atoms with van der Waals surface area (Å²) in [6.07, 6.45) is 2.46. The third kappa shape index (κ3) is 9.56. The van der Waals surface area contributed by atoms with E-state index < -0.39 is 12.2 Å². The molecular weight excluding hydrogens is 775 g/mol. The molecule has 15 heteroatoms. The number of fused-ring (bicyclic) bond motifs is 6. The lowest BCUT2D eigenvalue weighted by atomic mass is 10.1. The number of pyridine rings is 1. The molecule has 0 amide bonds. The smallest absolute Gasteiger partial charge is 0.419 e. The molecule has 0 saturated carbocycles. The first-order chi connectivity index (χ1) is 29.4. The summed E-state index contributed by atoms with van der Waals surface area (Å²) in [6, 6.07) is 24.1. The van der Waals surface area contributed by atoms with Crippen LogP contribution in [0, 0.1) is 0 Å². The fourth-order valence-electron chi connectivity index (χ4n) is 6.89. The summed E-state index contributed by atoms with van der Waals surface area (Å²) < 4.78 is 58.7. The van der Waals surface area contributed by atoms with Crippen molar-refractivity contribution in [2.45, 2.75) is 13.2 Å². The average molecular weight is 822 g/mol. The Labute approximate surface area is 346 Å². The Bertz CT molecular complexity index is 2290. The van der Waals surface area contributed by atoms with Gasteiger partial charge in [-0.05, 0) is 90.0 Å². The van der Waals surface area contributed by atoms with Gasteiger partial charge in [0.25, 0.3) is 0 Å². The van der Waals surface area contributed by atoms with Gasteiger partial charge in [-0.15, -0.1) is 0 Å². The highest BCUT2D eigenvalue weighted by Gasteiger charge is 2.20. The van der Waals surface area contributed by atoms with Gasteiger partial charge in [0.2, 0.25) is 0 Å². The first kappa shape index (κ1) is 41.8. The number of methoxy groups -OCH3 is 4. The maximum absolute atomic E-state index is 13.2. The summed E-state index contributed by atoms with van der Waals surface area (Å²) in [5.74, 6) is 2.73. The Morgan fingerprint density at radius 1 is 0.433 bits per heavy atom. The van der Waals surface area contributed by atoms with Crippen molar-refractivity contribution >= 4 is 55.8 Å². The zero-order chi connectivity index (χ0) is 41.8. The number of aromatic nitrogens is 3. The highest BCUT2D eigenvalue weighted by atomic mass is 16.6. The van der Waals surface area contributed by atoms with Crippen molar-refractivity contribution in [3.8, 4) is 23.0 Å². The quantitative estimate of drug-likeness (QED) is 0.0690. The van der Waals surface area contributed by atoms with Crippen LogP contribution in [0.25, 0.3) is 43.6 Å². The van der Waals surface area contributed by atoms with Gasteiger partial charge in [0, 0.05) is 33.9 Å². The molecule has 0 saturated heterocycles. The molecule has 0 bridgehead atoms. The second kappa shape index (κ2) is 20.0. The van der Waals surface area contributed by atoms with Gasteiger partial charge in [-0.3, -0.25) is 4.98 Å². The van der Waals surface area contributed by atoms with Crippen LogP contribution >= 0.6 is 0 Å². The molecule has 314 valence electrons. The van der Waals surface area contributed by atoms with Crippen molar-refractivity contribution in [2.24, 2.45) is 0 Å². The Morgan fingerprint density at radius 2 is 0.750 bits per heavy atom. The van der Waals surface area contributed by atoms with Crippen LogP contribution in [0.3, 0.4) is 0 Å². The normalized spacial score (nSPS) is 11.4. The van der Waals surface area contributed by atoms with Crippen LogP contribution in [0.1, 0.15) is 11.1 Å². The van der Waals surface area contributed by atoms with Gasteiger partial charge in [-0.25, -0.2) is 18.7 Å². The van der Waals surface area contributed by atoms with Crippen molar-refractivity contribution in [1.82, 2.24) is 14.1 Å². The van der Waals surface area contributed by atoms with Gasteiger partial charge >= 0.3 is 12.2 Å². The number of carbonyl (C=O) groups is 2. The summed E-state index contributed by atoms with van der Waals surface area (Å²) >= 11 is 0. The van der Waals surface area contributed by atoms with E-state index in [0.29, 0.717) is 84.7 Å². The molecule has 0 N–H and O–H groups in total. The third-order valence-electron chi connectivity index (χ3n) is 9.76. The van der Waals surface area contributed by atoms with Gasteiger partial charge in [-0.2, -0.15) is 0 Å². The van der Waals surface area contributed by atoms with E-state index in [4.69, 9.17) is 47.4 Å². The fourth-order valence-corrected chi connectivity index (χ4v) is 6.89. The van der Waals surface area contributed by atoms with Crippen molar-refractivity contribution in [3.05, 3.63) is 102 Å². The molecule has 0 aliphatic carbocycles. The molecule has 60 heavy (non-hydrogen) atoms. The van der Waals surface area contributed by atoms with Crippen LogP contribution in [-0.4, -0.2) is 108 Å². The number of carbonyl (C=O) groups excluding carboxylic acids is 2. The molecular formula is C45H47N3O12. The van der Waals surface area contributed by atoms with E-state index in [-0.39, 0.29) is 26.4 Å². The monoisotopic (exact) mass is 821 g/mol. The van der Waals surface area contributed by atoms with Gasteiger partial charge in [0.1, 0.15) is 36.2 Å². The lowest BCUT2D eigenvalue weighted by Crippen LogP contribution is -2.17. The maximum Gasteiger partial charge on any atom is 0.419 e. The summed E-state index contributed by atoms with van der Waals surface area (Å²) in [5.41, 5.74) is 4.59. The van der Waals surface area contributed by atoms with Gasteiger partial charge in [-0.1, -0.05) is 0 Å². The number of ether oxygens (including phenoxy) is 10. The third-order valence-corrected chi connectivity index (χ3v) is 9.76. The Kier molecular flexibility index (Phi) is 14.0. The molecule has 3 aromatic heterocycles. The number of benzene rings is 4. The zero-order valence-electron chi connectivity index (χ0n) is 34.0. The SMILES string of the molecule is COc1ccc2c(c1)c1cc(OC)ccc1n2C(=O)OCCOCCOCc1cncc(COCCOCCOC(=O)n2c3ccc(OC)cc3c3cc(OC)ccc32)c1. The topological polar surface area (TPSA) is 149 Å². The fraction of sp³-hybridized carbons (Fsp3) is 0.311. The lowest BCUT2D eigenvalue weighted by Gasteiger charge is -2.10. The van der Waals surface area contributed by atoms with Crippen LogP contribution in [0.15, 0.2) is 91.3 Å². The van der Waals surface area contributed by atoms with Gasteiger partial charge < -0.3 is 47.4 Å². The second-order valence-electron chi connectivity index (χ2n) is 13.5. The Hall–Kier alpha value is -6.39. The van der Waals surface area contributed by atoms with Crippen molar-refractivity contribution < 1.29 is 57.0 Å². The molecule has 0 aliphatic heterocycles. The van der Waals surface area contributed by atoms with E-state index in [1.54, 1.807) is 74.2 Å². The van der Waals surface area contributed by atoms with E-state index in [1.165, 1.54) is 0 Å². The molecule has 0 unspecified atom stereocenters. The van der Waals surface area contributed by atoms with E-state index in [1.807, 2.05) is 54.6 Å². The van der Waals surface area contributed by atoms with Crippen LogP contribution in [-0.2, 0) is 41.6 Å². The summed E-state index contributed by atoms with van der Waals surface area (Å²) in [7, 11) is 6.41. The summed E-state index contributed by atoms with van der Waals surface area (Å²) in [4.78, 5) is 30.7. The molecule has 4 aromatic carbocycles. The molecule has 0 aliphatic rings. The van der Waals surface area contributed by atoms with Crippen molar-refractivity contribution in [1.29, 1.82) is 0 Å². The van der Waals surface area contributed by atoms with Gasteiger partial charge in [0.05, 0.1) is 103 Å². The number of nitrogens with zero attached hydrogens (tertiary/aromatic N) is 3. The second-order valence-corrected chi connectivity index (χ2v) is 13.5.